The van der Waals surface area contributed by atoms with Crippen LogP contribution in [0.15, 0.2) is 40.5 Å². The fraction of sp³-hybridized carbons (Fsp3) is 0.522. The van der Waals surface area contributed by atoms with Crippen molar-refractivity contribution in [2.45, 2.75) is 51.2 Å². The second-order valence-corrected chi connectivity index (χ2v) is 9.65. The summed E-state index contributed by atoms with van der Waals surface area (Å²) in [6.07, 6.45) is 8.71. The number of thiophene rings is 1. The highest BCUT2D eigenvalue weighted by molar-refractivity contribution is 7.10. The van der Waals surface area contributed by atoms with Gasteiger partial charge < -0.3 is 9.26 Å². The summed E-state index contributed by atoms with van der Waals surface area (Å²) >= 11 is 1.87. The Balaban J connectivity index is 1.18. The first-order valence-electron chi connectivity index (χ1n) is 10.8. The van der Waals surface area contributed by atoms with E-state index in [2.05, 4.69) is 38.4 Å². The first-order valence-corrected chi connectivity index (χ1v) is 11.7. The Morgan fingerprint density at radius 3 is 2.93 bits per heavy atom. The van der Waals surface area contributed by atoms with E-state index < -0.39 is 0 Å². The second-order valence-electron chi connectivity index (χ2n) is 8.65. The first kappa shape index (κ1) is 19.8. The summed E-state index contributed by atoms with van der Waals surface area (Å²) in [5, 5.41) is 6.34. The molecule has 1 atom stereocenters. The van der Waals surface area contributed by atoms with Crippen molar-refractivity contribution in [3.05, 3.63) is 52.3 Å². The molecule has 0 aromatic carbocycles. The van der Waals surface area contributed by atoms with Gasteiger partial charge in [0.25, 0.3) is 0 Å². The summed E-state index contributed by atoms with van der Waals surface area (Å²) in [5.74, 6) is 1.88. The maximum absolute atomic E-state index is 6.36. The maximum atomic E-state index is 6.36. The van der Waals surface area contributed by atoms with Crippen molar-refractivity contribution in [2.75, 3.05) is 19.7 Å². The van der Waals surface area contributed by atoms with E-state index in [1.165, 1.54) is 10.4 Å². The van der Waals surface area contributed by atoms with Crippen LogP contribution in [0.4, 0.5) is 0 Å². The van der Waals surface area contributed by atoms with Gasteiger partial charge in [0.15, 0.2) is 0 Å². The van der Waals surface area contributed by atoms with E-state index in [-0.39, 0.29) is 5.60 Å². The average molecular weight is 425 g/mol. The Morgan fingerprint density at radius 2 is 2.17 bits per heavy atom. The predicted molar refractivity (Wildman–Crippen MR) is 116 cm³/mol. The Bertz CT molecular complexity index is 963. The van der Waals surface area contributed by atoms with Crippen molar-refractivity contribution in [1.82, 2.24) is 20.0 Å². The summed E-state index contributed by atoms with van der Waals surface area (Å²) in [4.78, 5) is 12.8. The van der Waals surface area contributed by atoms with E-state index >= 15 is 0 Å². The third kappa shape index (κ3) is 4.33. The number of pyridine rings is 1. The third-order valence-corrected chi connectivity index (χ3v) is 7.56. The van der Waals surface area contributed by atoms with E-state index in [1.54, 1.807) is 12.4 Å². The molecule has 2 aliphatic rings. The van der Waals surface area contributed by atoms with Crippen molar-refractivity contribution >= 4 is 11.3 Å². The fourth-order valence-corrected chi connectivity index (χ4v) is 5.68. The van der Waals surface area contributed by atoms with Gasteiger partial charge in [-0.05, 0) is 67.7 Å². The number of hydrogen-bond acceptors (Lipinski definition) is 7. The molecule has 2 aliphatic heterocycles. The fourth-order valence-electron chi connectivity index (χ4n) is 4.74. The lowest BCUT2D eigenvalue weighted by Gasteiger charge is -2.46. The van der Waals surface area contributed by atoms with Gasteiger partial charge >= 0.3 is 0 Å². The van der Waals surface area contributed by atoms with Gasteiger partial charge in [0, 0.05) is 55.5 Å². The SMILES string of the molecule is Cc1ccsc1CN1CCC2(CC1)CC(Cc1nc(-c3cccnc3)no1)CCO2. The summed E-state index contributed by atoms with van der Waals surface area (Å²) in [6, 6.07) is 6.06. The van der Waals surface area contributed by atoms with Crippen LogP contribution in [0.3, 0.4) is 0 Å². The molecule has 0 aliphatic carbocycles. The van der Waals surface area contributed by atoms with Crippen LogP contribution in [0.5, 0.6) is 0 Å². The van der Waals surface area contributed by atoms with Crippen LogP contribution in [0, 0.1) is 12.8 Å². The van der Waals surface area contributed by atoms with Gasteiger partial charge in [0.1, 0.15) is 0 Å². The Hall–Kier alpha value is -2.09. The van der Waals surface area contributed by atoms with Gasteiger partial charge in [0.05, 0.1) is 5.60 Å². The molecule has 0 radical (unpaired) electrons. The molecule has 3 aromatic rings. The van der Waals surface area contributed by atoms with Gasteiger partial charge in [-0.3, -0.25) is 9.88 Å². The standard InChI is InChI=1S/C23H28N4O2S/c1-17-5-12-30-20(17)16-27-9-6-23(7-10-27)14-18(4-11-28-23)13-21-25-22(26-29-21)19-3-2-8-24-15-19/h2-3,5,8,12,15,18H,4,6-7,9-11,13-14,16H2,1H3. The molecule has 0 amide bonds. The highest BCUT2D eigenvalue weighted by atomic mass is 32.1. The van der Waals surface area contributed by atoms with Crippen molar-refractivity contribution < 1.29 is 9.26 Å². The molecular formula is C23H28N4O2S. The minimum Gasteiger partial charge on any atom is -0.375 e. The number of ether oxygens (including phenoxy) is 1. The first-order chi connectivity index (χ1) is 14.7. The van der Waals surface area contributed by atoms with Crippen molar-refractivity contribution in [3.8, 4) is 11.4 Å². The van der Waals surface area contributed by atoms with Crippen LogP contribution in [0.25, 0.3) is 11.4 Å². The lowest BCUT2D eigenvalue weighted by atomic mass is 9.78. The van der Waals surface area contributed by atoms with Crippen molar-refractivity contribution in [3.63, 3.8) is 0 Å². The zero-order valence-electron chi connectivity index (χ0n) is 17.4. The lowest BCUT2D eigenvalue weighted by molar-refractivity contribution is -0.128. The topological polar surface area (TPSA) is 64.3 Å². The quantitative estimate of drug-likeness (QED) is 0.601. The van der Waals surface area contributed by atoms with Gasteiger partial charge in [0.2, 0.25) is 11.7 Å². The Labute approximate surface area is 181 Å². The smallest absolute Gasteiger partial charge is 0.227 e. The highest BCUT2D eigenvalue weighted by Crippen LogP contribution is 2.39. The number of aryl methyl sites for hydroxylation is 1. The number of piperidine rings is 1. The monoisotopic (exact) mass is 424 g/mol. The minimum atomic E-state index is 0.0239. The molecule has 5 rings (SSSR count). The van der Waals surface area contributed by atoms with Crippen molar-refractivity contribution in [1.29, 1.82) is 0 Å². The molecule has 30 heavy (non-hydrogen) atoms. The average Bonchev–Trinajstić information content (AvgIpc) is 3.40. The molecule has 2 saturated heterocycles. The largest absolute Gasteiger partial charge is 0.375 e. The molecule has 5 heterocycles. The molecule has 0 bridgehead atoms. The summed E-state index contributed by atoms with van der Waals surface area (Å²) in [6.45, 7) is 6.33. The molecule has 7 heteroatoms. The molecule has 158 valence electrons. The van der Waals surface area contributed by atoms with Crippen LogP contribution < -0.4 is 0 Å². The van der Waals surface area contributed by atoms with Gasteiger partial charge in [-0.1, -0.05) is 5.16 Å². The number of aromatic nitrogens is 3. The third-order valence-electron chi connectivity index (χ3n) is 6.55. The normalized spacial score (nSPS) is 21.8. The highest BCUT2D eigenvalue weighted by Gasteiger charge is 2.40. The number of hydrogen-bond donors (Lipinski definition) is 0. The van der Waals surface area contributed by atoms with E-state index in [9.17, 15) is 0 Å². The molecular weight excluding hydrogens is 396 g/mol. The summed E-state index contributed by atoms with van der Waals surface area (Å²) in [7, 11) is 0. The lowest BCUT2D eigenvalue weighted by Crippen LogP contribution is -2.49. The molecule has 2 fully saturated rings. The van der Waals surface area contributed by atoms with Gasteiger partial charge in [-0.15, -0.1) is 11.3 Å². The van der Waals surface area contributed by atoms with Crippen LogP contribution in [0.1, 0.15) is 42.0 Å². The number of nitrogens with zero attached hydrogens (tertiary/aromatic N) is 4. The molecule has 0 N–H and O–H groups in total. The zero-order chi connectivity index (χ0) is 20.4. The molecule has 1 spiro atoms. The number of rotatable bonds is 5. The summed E-state index contributed by atoms with van der Waals surface area (Å²) in [5.41, 5.74) is 2.33. The Kier molecular flexibility index (Phi) is 5.67. The van der Waals surface area contributed by atoms with Crippen molar-refractivity contribution in [2.24, 2.45) is 5.92 Å². The number of likely N-dealkylation sites (tertiary alicyclic amines) is 1. The van der Waals surface area contributed by atoms with E-state index in [0.29, 0.717) is 11.7 Å². The van der Waals surface area contributed by atoms with Crippen LogP contribution >= 0.6 is 11.3 Å². The minimum absolute atomic E-state index is 0.0239. The summed E-state index contributed by atoms with van der Waals surface area (Å²) < 4.78 is 11.9. The molecule has 6 nitrogen and oxygen atoms in total. The van der Waals surface area contributed by atoms with Crippen LogP contribution in [0.2, 0.25) is 0 Å². The van der Waals surface area contributed by atoms with Crippen LogP contribution in [-0.4, -0.2) is 45.3 Å². The van der Waals surface area contributed by atoms with Gasteiger partial charge in [-0.2, -0.15) is 4.98 Å². The van der Waals surface area contributed by atoms with Crippen LogP contribution in [-0.2, 0) is 17.7 Å². The predicted octanol–water partition coefficient (Wildman–Crippen LogP) is 4.51. The van der Waals surface area contributed by atoms with Gasteiger partial charge in [-0.25, -0.2) is 0 Å². The van der Waals surface area contributed by atoms with E-state index in [4.69, 9.17) is 9.26 Å². The van der Waals surface area contributed by atoms with E-state index in [1.807, 2.05) is 23.5 Å². The molecule has 0 saturated carbocycles. The molecule has 1 unspecified atom stereocenters. The zero-order valence-corrected chi connectivity index (χ0v) is 18.2. The van der Waals surface area contributed by atoms with E-state index in [0.717, 1.165) is 69.8 Å². The Morgan fingerprint density at radius 1 is 1.27 bits per heavy atom. The molecule has 3 aromatic heterocycles. The second kappa shape index (κ2) is 8.57. The maximum Gasteiger partial charge on any atom is 0.227 e.